The van der Waals surface area contributed by atoms with Crippen LogP contribution in [0.15, 0.2) is 11.1 Å². The fourth-order valence-electron chi connectivity index (χ4n) is 1.03. The van der Waals surface area contributed by atoms with Crippen molar-refractivity contribution in [1.29, 1.82) is 0 Å². The maximum absolute atomic E-state index is 11.7. The Morgan fingerprint density at radius 3 is 2.80 bits per heavy atom. The van der Waals surface area contributed by atoms with E-state index in [1.807, 2.05) is 6.92 Å². The highest BCUT2D eigenvalue weighted by Crippen LogP contribution is 2.11. The fraction of sp³-hybridized carbons (Fsp3) is 0.625. The van der Waals surface area contributed by atoms with Gasteiger partial charge in [-0.3, -0.25) is 5.10 Å². The van der Waals surface area contributed by atoms with E-state index in [1.165, 1.54) is 6.20 Å². The second-order valence-corrected chi connectivity index (χ2v) is 5.57. The molecule has 1 rings (SSSR count). The van der Waals surface area contributed by atoms with Gasteiger partial charge in [0.2, 0.25) is 10.0 Å². The number of aryl methyl sites for hydroxylation is 1. The minimum absolute atomic E-state index is 0.169. The molecule has 5 nitrogen and oxygen atoms in total. The molecule has 0 saturated heterocycles. The zero-order chi connectivity index (χ0) is 11.5. The van der Waals surface area contributed by atoms with E-state index in [0.29, 0.717) is 12.1 Å². The number of aromatic amines is 1. The number of hydrogen-bond acceptors (Lipinski definition) is 3. The lowest BCUT2D eigenvalue weighted by atomic mass is 10.3. The zero-order valence-corrected chi connectivity index (χ0v) is 10.2. The van der Waals surface area contributed by atoms with Gasteiger partial charge in [-0.1, -0.05) is 6.92 Å². The highest BCUT2D eigenvalue weighted by atomic mass is 35.5. The van der Waals surface area contributed by atoms with Gasteiger partial charge in [0, 0.05) is 11.9 Å². The van der Waals surface area contributed by atoms with Gasteiger partial charge in [-0.2, -0.15) is 5.10 Å². The van der Waals surface area contributed by atoms with Crippen LogP contribution in [-0.4, -0.2) is 30.5 Å². The molecule has 0 aromatic carbocycles. The highest BCUT2D eigenvalue weighted by molar-refractivity contribution is 7.89. The molecular weight excluding hydrogens is 238 g/mol. The summed E-state index contributed by atoms with van der Waals surface area (Å²) in [7, 11) is -3.48. The molecule has 1 unspecified atom stereocenters. The molecule has 0 aliphatic rings. The summed E-state index contributed by atoms with van der Waals surface area (Å²) in [5.74, 6) is 0. The van der Waals surface area contributed by atoms with Crippen LogP contribution in [0, 0.1) is 6.92 Å². The largest absolute Gasteiger partial charge is 0.281 e. The van der Waals surface area contributed by atoms with E-state index < -0.39 is 10.0 Å². The number of nitrogens with one attached hydrogen (secondary N) is 2. The Morgan fingerprint density at radius 1 is 1.67 bits per heavy atom. The topological polar surface area (TPSA) is 74.8 Å². The minimum Gasteiger partial charge on any atom is -0.281 e. The normalized spacial score (nSPS) is 14.1. The van der Waals surface area contributed by atoms with Crippen molar-refractivity contribution < 1.29 is 8.42 Å². The van der Waals surface area contributed by atoms with Gasteiger partial charge < -0.3 is 0 Å². The van der Waals surface area contributed by atoms with Gasteiger partial charge >= 0.3 is 0 Å². The second-order valence-electron chi connectivity index (χ2n) is 3.22. The van der Waals surface area contributed by atoms with E-state index in [-0.39, 0.29) is 16.8 Å². The summed E-state index contributed by atoms with van der Waals surface area (Å²) in [5.41, 5.74) is 0.519. The van der Waals surface area contributed by atoms with Crippen LogP contribution in [0.1, 0.15) is 19.0 Å². The van der Waals surface area contributed by atoms with Gasteiger partial charge in [0.05, 0.1) is 11.9 Å². The predicted molar refractivity (Wildman–Crippen MR) is 58.4 cm³/mol. The van der Waals surface area contributed by atoms with E-state index in [9.17, 15) is 8.42 Å². The summed E-state index contributed by atoms with van der Waals surface area (Å²) >= 11 is 5.82. The zero-order valence-electron chi connectivity index (χ0n) is 8.62. The van der Waals surface area contributed by atoms with Crippen molar-refractivity contribution in [2.75, 3.05) is 6.54 Å². The third kappa shape index (κ3) is 3.19. The Kier molecular flexibility index (Phi) is 4.12. The average molecular weight is 252 g/mol. The molecule has 0 radical (unpaired) electrons. The lowest BCUT2D eigenvalue weighted by Gasteiger charge is -2.08. The summed E-state index contributed by atoms with van der Waals surface area (Å²) in [6.07, 6.45) is 2.00. The van der Waals surface area contributed by atoms with Gasteiger partial charge in [-0.15, -0.1) is 11.6 Å². The van der Waals surface area contributed by atoms with Gasteiger partial charge in [-0.25, -0.2) is 13.1 Å². The second kappa shape index (κ2) is 4.96. The van der Waals surface area contributed by atoms with Gasteiger partial charge in [0.1, 0.15) is 4.90 Å². The van der Waals surface area contributed by atoms with Crippen molar-refractivity contribution in [2.45, 2.75) is 30.5 Å². The van der Waals surface area contributed by atoms with E-state index in [2.05, 4.69) is 14.9 Å². The van der Waals surface area contributed by atoms with Gasteiger partial charge in [0.25, 0.3) is 0 Å². The maximum atomic E-state index is 11.7. The number of aromatic nitrogens is 2. The van der Waals surface area contributed by atoms with Crippen molar-refractivity contribution in [2.24, 2.45) is 0 Å². The molecule has 15 heavy (non-hydrogen) atoms. The third-order valence-corrected chi connectivity index (χ3v) is 4.01. The van der Waals surface area contributed by atoms with Gasteiger partial charge in [-0.05, 0) is 13.3 Å². The molecule has 1 atom stereocenters. The molecule has 1 aromatic rings. The molecule has 7 heteroatoms. The number of halogens is 1. The maximum Gasteiger partial charge on any atom is 0.243 e. The first-order valence-electron chi connectivity index (χ1n) is 4.61. The molecule has 0 aliphatic carbocycles. The van der Waals surface area contributed by atoms with Crippen LogP contribution >= 0.6 is 11.6 Å². The number of hydrogen-bond donors (Lipinski definition) is 2. The number of sulfonamides is 1. The summed E-state index contributed by atoms with van der Waals surface area (Å²) in [6.45, 7) is 3.78. The summed E-state index contributed by atoms with van der Waals surface area (Å²) in [4.78, 5) is 0.169. The molecule has 0 saturated carbocycles. The van der Waals surface area contributed by atoms with Crippen molar-refractivity contribution in [3.05, 3.63) is 11.9 Å². The van der Waals surface area contributed by atoms with Crippen LogP contribution in [0.25, 0.3) is 0 Å². The van der Waals surface area contributed by atoms with Crippen molar-refractivity contribution in [3.63, 3.8) is 0 Å². The summed E-state index contributed by atoms with van der Waals surface area (Å²) in [6, 6.07) is 0. The first-order valence-corrected chi connectivity index (χ1v) is 6.53. The molecule has 0 amide bonds. The SMILES string of the molecule is CCC(Cl)CNS(=O)(=O)c1cn[nH]c1C. The lowest BCUT2D eigenvalue weighted by Crippen LogP contribution is -2.29. The monoisotopic (exact) mass is 251 g/mol. The standard InChI is InChI=1S/C8H14ClN3O2S/c1-3-7(9)4-11-15(13,14)8-5-10-12-6(8)2/h5,7,11H,3-4H2,1-2H3,(H,10,12). The van der Waals surface area contributed by atoms with Crippen LogP contribution in [0.3, 0.4) is 0 Å². The number of nitrogens with zero attached hydrogens (tertiary/aromatic N) is 1. The molecule has 86 valence electrons. The van der Waals surface area contributed by atoms with E-state index >= 15 is 0 Å². The number of rotatable bonds is 5. The Balaban J connectivity index is 2.73. The summed E-state index contributed by atoms with van der Waals surface area (Å²) < 4.78 is 25.8. The molecular formula is C8H14ClN3O2S. The van der Waals surface area contributed by atoms with Crippen LogP contribution in [0.4, 0.5) is 0 Å². The lowest BCUT2D eigenvalue weighted by molar-refractivity contribution is 0.578. The van der Waals surface area contributed by atoms with Crippen molar-refractivity contribution >= 4 is 21.6 Å². The van der Waals surface area contributed by atoms with Crippen LogP contribution in [0.2, 0.25) is 0 Å². The van der Waals surface area contributed by atoms with Crippen molar-refractivity contribution in [3.8, 4) is 0 Å². The fourth-order valence-corrected chi connectivity index (χ4v) is 2.42. The van der Waals surface area contributed by atoms with Gasteiger partial charge in [0.15, 0.2) is 0 Å². The van der Waals surface area contributed by atoms with E-state index in [1.54, 1.807) is 6.92 Å². The molecule has 0 spiro atoms. The molecule has 0 fully saturated rings. The first-order chi connectivity index (χ1) is 6.97. The van der Waals surface area contributed by atoms with E-state index in [0.717, 1.165) is 0 Å². The quantitative estimate of drug-likeness (QED) is 0.767. The van der Waals surface area contributed by atoms with Crippen LogP contribution < -0.4 is 4.72 Å². The van der Waals surface area contributed by atoms with E-state index in [4.69, 9.17) is 11.6 Å². The average Bonchev–Trinajstić information content (AvgIpc) is 2.61. The number of alkyl halides is 1. The minimum atomic E-state index is -3.48. The predicted octanol–water partition coefficient (Wildman–Crippen LogP) is 1.01. The van der Waals surface area contributed by atoms with Crippen LogP contribution in [0.5, 0.6) is 0 Å². The van der Waals surface area contributed by atoms with Crippen LogP contribution in [-0.2, 0) is 10.0 Å². The number of H-pyrrole nitrogens is 1. The molecule has 1 heterocycles. The smallest absolute Gasteiger partial charge is 0.243 e. The Morgan fingerprint density at radius 2 is 2.33 bits per heavy atom. The molecule has 0 bridgehead atoms. The highest BCUT2D eigenvalue weighted by Gasteiger charge is 2.18. The molecule has 1 aromatic heterocycles. The molecule has 0 aliphatic heterocycles. The third-order valence-electron chi connectivity index (χ3n) is 2.01. The Labute approximate surface area is 94.3 Å². The van der Waals surface area contributed by atoms with Crippen molar-refractivity contribution in [1.82, 2.24) is 14.9 Å². The summed E-state index contributed by atoms with van der Waals surface area (Å²) in [5, 5.41) is 6.04. The molecule has 2 N–H and O–H groups in total. The first kappa shape index (κ1) is 12.5. The Bertz CT molecular complexity index is 415. The Hall–Kier alpha value is -0.590.